The molecule has 0 saturated carbocycles. The van der Waals surface area contributed by atoms with Crippen LogP contribution >= 0.6 is 0 Å². The molecule has 0 amide bonds. The Morgan fingerprint density at radius 2 is 1.21 bits per heavy atom. The fraction of sp³-hybridized carbons (Fsp3) is 0.133. The summed E-state index contributed by atoms with van der Waals surface area (Å²) in [5.41, 5.74) is 6.14. The molecule has 0 fully saturated rings. The molecule has 1 aliphatic rings. The highest BCUT2D eigenvalue weighted by molar-refractivity contribution is 5.86. The number of carbonyl (C=O) groups is 2. The van der Waals surface area contributed by atoms with Crippen LogP contribution in [0.5, 0.6) is 11.5 Å². The summed E-state index contributed by atoms with van der Waals surface area (Å²) in [7, 11) is 0. The van der Waals surface area contributed by atoms with E-state index in [2.05, 4.69) is 24.3 Å². The molecule has 1 aliphatic carbocycles. The van der Waals surface area contributed by atoms with Crippen LogP contribution < -0.4 is 4.74 Å². The first kappa shape index (κ1) is 21.7. The molecule has 0 spiro atoms. The minimum Gasteiger partial charge on any atom is -0.508 e. The van der Waals surface area contributed by atoms with Crippen LogP contribution in [0, 0.1) is 0 Å². The molecule has 0 aromatic heterocycles. The van der Waals surface area contributed by atoms with E-state index in [1.807, 2.05) is 48.5 Å². The van der Waals surface area contributed by atoms with E-state index in [4.69, 9.17) is 4.74 Å². The molecule has 0 unspecified atom stereocenters. The predicted octanol–water partition coefficient (Wildman–Crippen LogP) is 6.03. The van der Waals surface area contributed by atoms with Gasteiger partial charge in [0.1, 0.15) is 17.3 Å². The van der Waals surface area contributed by atoms with E-state index in [9.17, 15) is 14.7 Å². The number of aromatic hydroxyl groups is 1. The van der Waals surface area contributed by atoms with Crippen molar-refractivity contribution in [2.75, 3.05) is 0 Å². The van der Waals surface area contributed by atoms with Crippen molar-refractivity contribution in [3.63, 3.8) is 0 Å². The Morgan fingerprint density at radius 3 is 1.74 bits per heavy atom. The molecular formula is C30H24O4. The van der Waals surface area contributed by atoms with Gasteiger partial charge in [-0.2, -0.15) is 0 Å². The van der Waals surface area contributed by atoms with E-state index < -0.39 is 11.4 Å². The SMILES string of the molecule is CC(=O)CCC(=O)Oc1ccc(C2(c3ccc(O)cc3)c3ccccc3-c3ccccc32)cc1. The second kappa shape index (κ2) is 8.64. The number of Topliss-reactive ketones (excluding diaryl/α,β-unsaturated/α-hetero) is 1. The maximum atomic E-state index is 12.1. The third-order valence-corrected chi connectivity index (χ3v) is 6.45. The summed E-state index contributed by atoms with van der Waals surface area (Å²) < 4.78 is 5.45. The van der Waals surface area contributed by atoms with Crippen LogP contribution in [-0.4, -0.2) is 16.9 Å². The molecule has 34 heavy (non-hydrogen) atoms. The summed E-state index contributed by atoms with van der Waals surface area (Å²) in [4.78, 5) is 23.3. The first-order chi connectivity index (χ1) is 16.5. The van der Waals surface area contributed by atoms with Crippen molar-refractivity contribution in [2.24, 2.45) is 0 Å². The second-order valence-corrected chi connectivity index (χ2v) is 8.59. The first-order valence-corrected chi connectivity index (χ1v) is 11.3. The smallest absolute Gasteiger partial charge is 0.311 e. The molecule has 0 aliphatic heterocycles. The van der Waals surface area contributed by atoms with Crippen LogP contribution in [0.1, 0.15) is 42.0 Å². The molecule has 0 radical (unpaired) electrons. The van der Waals surface area contributed by atoms with Crippen LogP contribution in [0.2, 0.25) is 0 Å². The number of ether oxygens (including phenoxy) is 1. The number of rotatable bonds is 6. The van der Waals surface area contributed by atoms with E-state index in [0.29, 0.717) is 5.75 Å². The average molecular weight is 449 g/mol. The number of benzene rings is 4. The Labute approximate surface area is 198 Å². The lowest BCUT2D eigenvalue weighted by molar-refractivity contribution is -0.135. The molecule has 4 aromatic rings. The molecule has 0 saturated heterocycles. The number of hydrogen-bond acceptors (Lipinski definition) is 4. The molecule has 4 heteroatoms. The van der Waals surface area contributed by atoms with E-state index in [0.717, 1.165) is 22.3 Å². The number of phenols is 1. The fourth-order valence-electron chi connectivity index (χ4n) is 4.97. The summed E-state index contributed by atoms with van der Waals surface area (Å²) in [5, 5.41) is 9.97. The monoisotopic (exact) mass is 448 g/mol. The predicted molar refractivity (Wildman–Crippen MR) is 131 cm³/mol. The van der Waals surface area contributed by atoms with Gasteiger partial charge in [0.15, 0.2) is 0 Å². The topological polar surface area (TPSA) is 63.6 Å². The standard InChI is InChI=1S/C30H24O4/c1-20(31)10-19-29(33)34-24-17-13-22(14-18-24)30(21-11-15-23(32)16-12-21)27-8-4-2-6-25(27)26-7-3-5-9-28(26)30/h2-9,11-18,32H,10,19H2,1H3. The van der Waals surface area contributed by atoms with Gasteiger partial charge in [-0.15, -0.1) is 0 Å². The quantitative estimate of drug-likeness (QED) is 0.254. The van der Waals surface area contributed by atoms with Crippen LogP contribution in [0.3, 0.4) is 0 Å². The molecule has 5 rings (SSSR count). The Morgan fingerprint density at radius 1 is 0.706 bits per heavy atom. The molecule has 1 N–H and O–H groups in total. The van der Waals surface area contributed by atoms with Gasteiger partial charge in [0.25, 0.3) is 0 Å². The highest BCUT2D eigenvalue weighted by atomic mass is 16.5. The van der Waals surface area contributed by atoms with Gasteiger partial charge in [-0.25, -0.2) is 0 Å². The third-order valence-electron chi connectivity index (χ3n) is 6.45. The molecule has 0 bridgehead atoms. The maximum absolute atomic E-state index is 12.1. The lowest BCUT2D eigenvalue weighted by Crippen LogP contribution is -2.28. The summed E-state index contributed by atoms with van der Waals surface area (Å²) in [6.07, 6.45) is 0.240. The molecular weight excluding hydrogens is 424 g/mol. The maximum Gasteiger partial charge on any atom is 0.311 e. The minimum absolute atomic E-state index is 0.0401. The summed E-state index contributed by atoms with van der Waals surface area (Å²) in [6, 6.07) is 31.7. The Hall–Kier alpha value is -4.18. The van der Waals surface area contributed by atoms with Gasteiger partial charge in [0.05, 0.1) is 11.8 Å². The van der Waals surface area contributed by atoms with Crippen molar-refractivity contribution in [2.45, 2.75) is 25.2 Å². The van der Waals surface area contributed by atoms with Crippen LogP contribution in [0.4, 0.5) is 0 Å². The van der Waals surface area contributed by atoms with Crippen LogP contribution in [0.15, 0.2) is 97.1 Å². The zero-order valence-electron chi connectivity index (χ0n) is 18.8. The zero-order valence-corrected chi connectivity index (χ0v) is 18.8. The highest BCUT2D eigenvalue weighted by Crippen LogP contribution is 2.56. The molecule has 168 valence electrons. The summed E-state index contributed by atoms with van der Waals surface area (Å²) >= 11 is 0. The second-order valence-electron chi connectivity index (χ2n) is 8.59. The van der Waals surface area contributed by atoms with Gasteiger partial charge in [-0.1, -0.05) is 72.8 Å². The van der Waals surface area contributed by atoms with Crippen molar-refractivity contribution < 1.29 is 19.4 Å². The Balaban J connectivity index is 1.64. The molecule has 0 atom stereocenters. The number of carbonyl (C=O) groups excluding carboxylic acids is 2. The number of hydrogen-bond donors (Lipinski definition) is 1. The van der Waals surface area contributed by atoms with Gasteiger partial charge in [-0.3, -0.25) is 4.79 Å². The van der Waals surface area contributed by atoms with Crippen molar-refractivity contribution in [1.82, 2.24) is 0 Å². The normalized spacial score (nSPS) is 13.1. The van der Waals surface area contributed by atoms with E-state index in [1.54, 1.807) is 24.3 Å². The number of fused-ring (bicyclic) bond motifs is 3. The zero-order chi connectivity index (χ0) is 23.7. The summed E-state index contributed by atoms with van der Waals surface area (Å²) in [5.74, 6) is 0.193. The Bertz CT molecular complexity index is 1320. The average Bonchev–Trinajstić information content (AvgIpc) is 3.15. The molecule has 0 heterocycles. The van der Waals surface area contributed by atoms with E-state index >= 15 is 0 Å². The van der Waals surface area contributed by atoms with Crippen LogP contribution in [0.25, 0.3) is 11.1 Å². The van der Waals surface area contributed by atoms with E-state index in [1.165, 1.54) is 18.1 Å². The number of ketones is 1. The van der Waals surface area contributed by atoms with Gasteiger partial charge in [0.2, 0.25) is 0 Å². The lowest BCUT2D eigenvalue weighted by atomic mass is 9.68. The van der Waals surface area contributed by atoms with Gasteiger partial charge in [-0.05, 0) is 64.6 Å². The van der Waals surface area contributed by atoms with Crippen molar-refractivity contribution >= 4 is 11.8 Å². The minimum atomic E-state index is -0.585. The van der Waals surface area contributed by atoms with Crippen molar-refractivity contribution in [3.05, 3.63) is 119 Å². The highest BCUT2D eigenvalue weighted by Gasteiger charge is 2.45. The first-order valence-electron chi connectivity index (χ1n) is 11.3. The van der Waals surface area contributed by atoms with E-state index in [-0.39, 0.29) is 24.4 Å². The largest absolute Gasteiger partial charge is 0.508 e. The van der Waals surface area contributed by atoms with Gasteiger partial charge in [0, 0.05) is 6.42 Å². The molecule has 4 nitrogen and oxygen atoms in total. The lowest BCUT2D eigenvalue weighted by Gasteiger charge is -2.34. The number of esters is 1. The number of phenolic OH excluding ortho intramolecular Hbond substituents is 1. The molecule has 4 aromatic carbocycles. The third kappa shape index (κ3) is 3.57. The van der Waals surface area contributed by atoms with Gasteiger partial charge >= 0.3 is 5.97 Å². The van der Waals surface area contributed by atoms with Crippen molar-refractivity contribution in [3.8, 4) is 22.6 Å². The van der Waals surface area contributed by atoms with Gasteiger partial charge < -0.3 is 14.6 Å². The Kier molecular flexibility index (Phi) is 5.50. The van der Waals surface area contributed by atoms with Crippen molar-refractivity contribution in [1.29, 1.82) is 0 Å². The van der Waals surface area contributed by atoms with Crippen LogP contribution in [-0.2, 0) is 15.0 Å². The summed E-state index contributed by atoms with van der Waals surface area (Å²) in [6.45, 7) is 1.46. The fourth-order valence-corrected chi connectivity index (χ4v) is 4.97.